The van der Waals surface area contributed by atoms with Crippen LogP contribution in [0, 0.1) is 5.82 Å². The fourth-order valence-electron chi connectivity index (χ4n) is 2.53. The van der Waals surface area contributed by atoms with Gasteiger partial charge in [0.1, 0.15) is 5.82 Å². The van der Waals surface area contributed by atoms with E-state index in [0.29, 0.717) is 13.1 Å². The number of rotatable bonds is 4. The second kappa shape index (κ2) is 7.19. The molecule has 0 spiro atoms. The number of hydrogen-bond donors (Lipinski definition) is 1. The number of carbonyl (C=O) groups excluding carboxylic acids is 1. The highest BCUT2D eigenvalue weighted by Crippen LogP contribution is 2.13. The summed E-state index contributed by atoms with van der Waals surface area (Å²) in [7, 11) is -3.83. The number of nitrogens with zero attached hydrogens (tertiary/aromatic N) is 1. The van der Waals surface area contributed by atoms with Crippen molar-refractivity contribution in [1.82, 2.24) is 9.62 Å². The second-order valence-electron chi connectivity index (χ2n) is 5.54. The van der Waals surface area contributed by atoms with Gasteiger partial charge in [0.15, 0.2) is 0 Å². The summed E-state index contributed by atoms with van der Waals surface area (Å²) in [4.78, 5) is 14.0. The average molecular weight is 328 g/mol. The van der Waals surface area contributed by atoms with Crippen LogP contribution in [0.2, 0.25) is 0 Å². The fourth-order valence-corrected chi connectivity index (χ4v) is 3.73. The Labute approximate surface area is 130 Å². The van der Waals surface area contributed by atoms with E-state index in [4.69, 9.17) is 0 Å². The Morgan fingerprint density at radius 1 is 1.14 bits per heavy atom. The summed E-state index contributed by atoms with van der Waals surface area (Å²) in [6.07, 6.45) is 4.09. The van der Waals surface area contributed by atoms with E-state index in [1.807, 2.05) is 0 Å². The van der Waals surface area contributed by atoms with Gasteiger partial charge in [-0.25, -0.2) is 12.8 Å². The highest BCUT2D eigenvalue weighted by molar-refractivity contribution is 7.89. The standard InChI is InChI=1S/C15H21FN2O3S/c1-12(15(19)18-10-4-2-3-5-11-18)17-22(20,21)14-8-6-13(16)7-9-14/h6-9,12,17H,2-5,10-11H2,1H3/t12-/m0/s1. The predicted molar refractivity (Wildman–Crippen MR) is 81.2 cm³/mol. The lowest BCUT2D eigenvalue weighted by atomic mass is 10.2. The minimum Gasteiger partial charge on any atom is -0.341 e. The summed E-state index contributed by atoms with van der Waals surface area (Å²) in [6, 6.07) is 3.68. The molecule has 1 amide bonds. The van der Waals surface area contributed by atoms with Crippen molar-refractivity contribution in [2.75, 3.05) is 13.1 Å². The number of benzene rings is 1. The highest BCUT2D eigenvalue weighted by atomic mass is 32.2. The van der Waals surface area contributed by atoms with E-state index in [2.05, 4.69) is 4.72 Å². The Hall–Kier alpha value is -1.47. The SMILES string of the molecule is C[C@H](NS(=O)(=O)c1ccc(F)cc1)C(=O)N1CCCCCC1. The van der Waals surface area contributed by atoms with Gasteiger partial charge in [-0.15, -0.1) is 0 Å². The molecule has 0 aliphatic carbocycles. The van der Waals surface area contributed by atoms with Crippen molar-refractivity contribution >= 4 is 15.9 Å². The number of halogens is 1. The lowest BCUT2D eigenvalue weighted by Gasteiger charge is -2.24. The third-order valence-electron chi connectivity index (χ3n) is 3.74. The summed E-state index contributed by atoms with van der Waals surface area (Å²) in [5.74, 6) is -0.722. The molecule has 5 nitrogen and oxygen atoms in total. The maximum Gasteiger partial charge on any atom is 0.241 e. The van der Waals surface area contributed by atoms with Crippen LogP contribution in [-0.4, -0.2) is 38.4 Å². The van der Waals surface area contributed by atoms with Gasteiger partial charge in [0.05, 0.1) is 10.9 Å². The lowest BCUT2D eigenvalue weighted by molar-refractivity contribution is -0.132. The fraction of sp³-hybridized carbons (Fsp3) is 0.533. The molecule has 1 aliphatic rings. The Morgan fingerprint density at radius 3 is 2.23 bits per heavy atom. The summed E-state index contributed by atoms with van der Waals surface area (Å²) in [5, 5.41) is 0. The third kappa shape index (κ3) is 4.27. The van der Waals surface area contributed by atoms with Gasteiger partial charge < -0.3 is 4.90 Å². The number of amides is 1. The van der Waals surface area contributed by atoms with Crippen molar-refractivity contribution < 1.29 is 17.6 Å². The van der Waals surface area contributed by atoms with Crippen LogP contribution < -0.4 is 4.72 Å². The Balaban J connectivity index is 2.04. The topological polar surface area (TPSA) is 66.5 Å². The van der Waals surface area contributed by atoms with Gasteiger partial charge >= 0.3 is 0 Å². The number of hydrogen-bond acceptors (Lipinski definition) is 3. The first kappa shape index (κ1) is 16.9. The molecular weight excluding hydrogens is 307 g/mol. The molecule has 1 heterocycles. The molecule has 1 fully saturated rings. The van der Waals surface area contributed by atoms with Gasteiger partial charge in [-0.05, 0) is 44.0 Å². The quantitative estimate of drug-likeness (QED) is 0.918. The van der Waals surface area contributed by atoms with Crippen molar-refractivity contribution in [1.29, 1.82) is 0 Å². The molecule has 1 N–H and O–H groups in total. The smallest absolute Gasteiger partial charge is 0.241 e. The van der Waals surface area contributed by atoms with Crippen molar-refractivity contribution in [3.8, 4) is 0 Å². The maximum absolute atomic E-state index is 12.9. The summed E-state index contributed by atoms with van der Waals surface area (Å²) < 4.78 is 39.6. The van der Waals surface area contributed by atoms with Crippen LogP contribution in [0.1, 0.15) is 32.6 Å². The molecule has 0 unspecified atom stereocenters. The van der Waals surface area contributed by atoms with Gasteiger partial charge in [-0.1, -0.05) is 12.8 Å². The number of carbonyl (C=O) groups is 1. The zero-order valence-corrected chi connectivity index (χ0v) is 13.4. The first-order valence-corrected chi connectivity index (χ1v) is 8.95. The lowest BCUT2D eigenvalue weighted by Crippen LogP contribution is -2.47. The number of likely N-dealkylation sites (tertiary alicyclic amines) is 1. The summed E-state index contributed by atoms with van der Waals surface area (Å²) in [6.45, 7) is 2.87. The van der Waals surface area contributed by atoms with Crippen LogP contribution in [0.5, 0.6) is 0 Å². The molecule has 1 atom stereocenters. The van der Waals surface area contributed by atoms with E-state index in [1.165, 1.54) is 19.1 Å². The maximum atomic E-state index is 12.9. The second-order valence-corrected chi connectivity index (χ2v) is 7.25. The Kier molecular flexibility index (Phi) is 5.52. The molecule has 0 radical (unpaired) electrons. The molecule has 22 heavy (non-hydrogen) atoms. The zero-order valence-electron chi connectivity index (χ0n) is 12.6. The van der Waals surface area contributed by atoms with E-state index in [1.54, 1.807) is 4.90 Å². The molecule has 122 valence electrons. The Bertz CT molecular complexity index is 608. The van der Waals surface area contributed by atoms with Gasteiger partial charge in [0, 0.05) is 13.1 Å². The predicted octanol–water partition coefficient (Wildman–Crippen LogP) is 1.90. The summed E-state index contributed by atoms with van der Waals surface area (Å²) in [5.41, 5.74) is 0. The van der Waals surface area contributed by atoms with Gasteiger partial charge in [-0.3, -0.25) is 4.79 Å². The molecule has 1 saturated heterocycles. The van der Waals surface area contributed by atoms with Gasteiger partial charge in [-0.2, -0.15) is 4.72 Å². The number of sulfonamides is 1. The molecule has 0 saturated carbocycles. The van der Waals surface area contributed by atoms with Gasteiger partial charge in [0.2, 0.25) is 15.9 Å². The van der Waals surface area contributed by atoms with Crippen LogP contribution in [0.15, 0.2) is 29.2 Å². The van der Waals surface area contributed by atoms with E-state index >= 15 is 0 Å². The first-order chi connectivity index (χ1) is 10.4. The van der Waals surface area contributed by atoms with Crippen LogP contribution in [-0.2, 0) is 14.8 Å². The summed E-state index contributed by atoms with van der Waals surface area (Å²) >= 11 is 0. The minimum atomic E-state index is -3.83. The largest absolute Gasteiger partial charge is 0.341 e. The van der Waals surface area contributed by atoms with Crippen LogP contribution >= 0.6 is 0 Å². The van der Waals surface area contributed by atoms with E-state index in [0.717, 1.165) is 37.8 Å². The van der Waals surface area contributed by atoms with Crippen molar-refractivity contribution in [2.45, 2.75) is 43.5 Å². The average Bonchev–Trinajstić information content (AvgIpc) is 2.75. The van der Waals surface area contributed by atoms with Crippen LogP contribution in [0.3, 0.4) is 0 Å². The van der Waals surface area contributed by atoms with Gasteiger partial charge in [0.25, 0.3) is 0 Å². The third-order valence-corrected chi connectivity index (χ3v) is 5.30. The van der Waals surface area contributed by atoms with Crippen molar-refractivity contribution in [3.63, 3.8) is 0 Å². The first-order valence-electron chi connectivity index (χ1n) is 7.47. The normalized spacial score (nSPS) is 17.8. The Morgan fingerprint density at radius 2 is 1.68 bits per heavy atom. The zero-order chi connectivity index (χ0) is 16.2. The monoisotopic (exact) mass is 328 g/mol. The molecule has 1 aliphatic heterocycles. The molecular formula is C15H21FN2O3S. The van der Waals surface area contributed by atoms with Crippen molar-refractivity contribution in [2.24, 2.45) is 0 Å². The van der Waals surface area contributed by atoms with E-state index < -0.39 is 21.9 Å². The molecule has 1 aromatic carbocycles. The number of nitrogens with one attached hydrogen (secondary N) is 1. The minimum absolute atomic E-state index is 0.0515. The molecule has 0 bridgehead atoms. The molecule has 1 aromatic rings. The van der Waals surface area contributed by atoms with Crippen molar-refractivity contribution in [3.05, 3.63) is 30.1 Å². The highest BCUT2D eigenvalue weighted by Gasteiger charge is 2.26. The molecule has 2 rings (SSSR count). The van der Waals surface area contributed by atoms with Crippen LogP contribution in [0.25, 0.3) is 0 Å². The van der Waals surface area contributed by atoms with E-state index in [-0.39, 0.29) is 10.8 Å². The molecule has 0 aromatic heterocycles. The molecule has 7 heteroatoms. The van der Waals surface area contributed by atoms with E-state index in [9.17, 15) is 17.6 Å². The van der Waals surface area contributed by atoms with Crippen LogP contribution in [0.4, 0.5) is 4.39 Å².